The van der Waals surface area contributed by atoms with Crippen LogP contribution in [-0.2, 0) is 39.9 Å². The third kappa shape index (κ3) is 6.61. The molecular formula is C36H47NO10. The van der Waals surface area contributed by atoms with Gasteiger partial charge in [-0.1, -0.05) is 31.6 Å². The number of carbonyl (C=O) groups is 5. The Labute approximate surface area is 275 Å². The van der Waals surface area contributed by atoms with E-state index in [0.29, 0.717) is 24.8 Å². The number of esters is 2. The second-order valence-electron chi connectivity index (χ2n) is 14.3. The number of fused-ring (bicyclic) bond motifs is 5. The number of nitrogens with one attached hydrogen (secondary N) is 1. The first-order valence-electron chi connectivity index (χ1n) is 16.8. The second-order valence-corrected chi connectivity index (χ2v) is 14.3. The fourth-order valence-electron chi connectivity index (χ4n) is 9.27. The van der Waals surface area contributed by atoms with Gasteiger partial charge in [-0.05, 0) is 92.4 Å². The van der Waals surface area contributed by atoms with Crippen LogP contribution in [0.15, 0.2) is 35.9 Å². The number of carbonyl (C=O) groups excluding carboxylic acids is 5. The first-order chi connectivity index (χ1) is 22.2. The lowest BCUT2D eigenvalue weighted by molar-refractivity contribution is -0.184. The maximum absolute atomic E-state index is 13.5. The Bertz CT molecular complexity index is 1440. The highest BCUT2D eigenvalue weighted by molar-refractivity contribution is 5.92. The fraction of sp³-hybridized carbons (Fsp3) is 0.639. The van der Waals surface area contributed by atoms with Crippen molar-refractivity contribution < 1.29 is 48.8 Å². The summed E-state index contributed by atoms with van der Waals surface area (Å²) in [6.45, 7) is 5.13. The quantitative estimate of drug-likeness (QED) is 0.260. The van der Waals surface area contributed by atoms with E-state index in [-0.39, 0.29) is 73.4 Å². The molecule has 8 atom stereocenters. The van der Waals surface area contributed by atoms with Gasteiger partial charge in [-0.3, -0.25) is 19.2 Å². The van der Waals surface area contributed by atoms with Gasteiger partial charge in [-0.25, -0.2) is 4.79 Å². The summed E-state index contributed by atoms with van der Waals surface area (Å²) in [6, 6.07) is 5.18. The van der Waals surface area contributed by atoms with E-state index in [0.717, 1.165) is 18.4 Å². The molecule has 1 aromatic carbocycles. The minimum absolute atomic E-state index is 0.00540. The topological polar surface area (TPSA) is 177 Å². The number of hydrogen-bond acceptors (Lipinski definition) is 10. The van der Waals surface area contributed by atoms with Crippen molar-refractivity contribution in [3.05, 3.63) is 41.5 Å². The van der Waals surface area contributed by atoms with Crippen molar-refractivity contribution in [2.45, 2.75) is 103 Å². The molecule has 0 saturated heterocycles. The van der Waals surface area contributed by atoms with Crippen LogP contribution < -0.4 is 5.32 Å². The minimum Gasteiger partial charge on any atom is -0.508 e. The molecule has 1 amide bonds. The molecular weight excluding hydrogens is 606 g/mol. The Kier molecular flexibility index (Phi) is 9.99. The van der Waals surface area contributed by atoms with E-state index in [2.05, 4.69) is 12.2 Å². The van der Waals surface area contributed by atoms with Crippen molar-refractivity contribution in [1.29, 1.82) is 0 Å². The number of Topliss-reactive ketones (excluding diaryl/α,β-unsaturated/α-hetero) is 1. The molecule has 4 N–H and O–H groups in total. The van der Waals surface area contributed by atoms with Gasteiger partial charge in [-0.15, -0.1) is 0 Å². The third-order valence-corrected chi connectivity index (χ3v) is 11.7. The van der Waals surface area contributed by atoms with Crippen LogP contribution in [0.1, 0.15) is 84.1 Å². The van der Waals surface area contributed by atoms with Crippen molar-refractivity contribution in [1.82, 2.24) is 5.32 Å². The van der Waals surface area contributed by atoms with Gasteiger partial charge >= 0.3 is 11.9 Å². The molecule has 0 radical (unpaired) electrons. The summed E-state index contributed by atoms with van der Waals surface area (Å²) in [5.74, 6) is -2.40. The standard InChI is InChI=1S/C36H47NO10/c1-4-46-33(44)27(17-21-5-8-23(38)9-6-21)37-30(42)11-12-31(43)47-20-29(41)36(45)16-14-26-25-10-7-22-18-24(39)13-15-34(22,2)32(25)28(40)19-35(26,36)3/h5-6,8-9,18,25-28,32,38,40,45H,4,7,10-17,19-20H2,1-3H3,(H,37,42)/t25-,26-,27+,28-,32+,34-,35-,36-/m0/s1. The average molecular weight is 654 g/mol. The third-order valence-electron chi connectivity index (χ3n) is 11.7. The molecule has 256 valence electrons. The molecule has 0 heterocycles. The molecule has 3 fully saturated rings. The lowest BCUT2D eigenvalue weighted by atomic mass is 9.45. The summed E-state index contributed by atoms with van der Waals surface area (Å²) in [7, 11) is 0. The van der Waals surface area contributed by atoms with Crippen LogP contribution >= 0.6 is 0 Å². The van der Waals surface area contributed by atoms with E-state index >= 15 is 0 Å². The highest BCUT2D eigenvalue weighted by Gasteiger charge is 2.68. The van der Waals surface area contributed by atoms with Crippen molar-refractivity contribution in [2.24, 2.45) is 28.6 Å². The molecule has 0 bridgehead atoms. The highest BCUT2D eigenvalue weighted by Crippen LogP contribution is 2.67. The lowest BCUT2D eigenvalue weighted by Gasteiger charge is -2.60. The van der Waals surface area contributed by atoms with E-state index in [1.165, 1.54) is 12.1 Å². The van der Waals surface area contributed by atoms with Gasteiger partial charge in [0.1, 0.15) is 17.4 Å². The van der Waals surface area contributed by atoms with Gasteiger partial charge in [-0.2, -0.15) is 0 Å². The molecule has 0 spiro atoms. The number of benzene rings is 1. The summed E-state index contributed by atoms with van der Waals surface area (Å²) in [6.07, 6.45) is 4.24. The SMILES string of the molecule is CCOC(=O)[C@@H](Cc1ccc(O)cc1)NC(=O)CCC(=O)OCC(=O)[C@@]1(O)CC[C@H]2[C@@H]3CCC4=CC(=O)CC[C@]4(C)[C@H]3[C@@H](O)C[C@@]21C. The molecule has 0 aliphatic heterocycles. The average Bonchev–Trinajstić information content (AvgIpc) is 3.30. The van der Waals surface area contributed by atoms with Crippen molar-refractivity contribution in [2.75, 3.05) is 13.2 Å². The number of aliphatic hydroxyl groups excluding tert-OH is 1. The van der Waals surface area contributed by atoms with E-state index in [1.54, 1.807) is 25.1 Å². The van der Waals surface area contributed by atoms with Gasteiger partial charge in [0, 0.05) is 24.7 Å². The molecule has 5 rings (SSSR count). The summed E-state index contributed by atoms with van der Waals surface area (Å²) in [4.78, 5) is 63.4. The number of rotatable bonds is 11. The molecule has 4 aliphatic carbocycles. The van der Waals surface area contributed by atoms with Crippen LogP contribution in [-0.4, -0.2) is 75.7 Å². The molecule has 11 heteroatoms. The zero-order chi connectivity index (χ0) is 34.1. The lowest BCUT2D eigenvalue weighted by Crippen LogP contribution is -2.62. The molecule has 0 aromatic heterocycles. The summed E-state index contributed by atoms with van der Waals surface area (Å²) < 4.78 is 10.3. The number of ketones is 2. The number of aromatic hydroxyl groups is 1. The first-order valence-corrected chi connectivity index (χ1v) is 16.8. The van der Waals surface area contributed by atoms with E-state index in [1.807, 2.05) is 6.92 Å². The van der Waals surface area contributed by atoms with Gasteiger partial charge in [0.05, 0.1) is 19.1 Å². The Morgan fingerprint density at radius 3 is 2.45 bits per heavy atom. The fourth-order valence-corrected chi connectivity index (χ4v) is 9.27. The van der Waals surface area contributed by atoms with Gasteiger partial charge in [0.25, 0.3) is 0 Å². The normalized spacial score (nSPS) is 33.4. The zero-order valence-corrected chi connectivity index (χ0v) is 27.5. The smallest absolute Gasteiger partial charge is 0.328 e. The van der Waals surface area contributed by atoms with Crippen LogP contribution in [0.4, 0.5) is 0 Å². The van der Waals surface area contributed by atoms with E-state index < -0.39 is 53.4 Å². The van der Waals surface area contributed by atoms with Gasteiger partial charge in [0.15, 0.2) is 12.4 Å². The zero-order valence-electron chi connectivity index (χ0n) is 27.5. The molecule has 3 saturated carbocycles. The summed E-state index contributed by atoms with van der Waals surface area (Å²) in [5, 5.41) is 35.5. The maximum atomic E-state index is 13.5. The number of amides is 1. The Hall–Kier alpha value is -3.57. The summed E-state index contributed by atoms with van der Waals surface area (Å²) in [5.41, 5.74) is -1.17. The molecule has 1 aromatic rings. The van der Waals surface area contributed by atoms with Crippen LogP contribution in [0.5, 0.6) is 5.75 Å². The molecule has 47 heavy (non-hydrogen) atoms. The first kappa shape index (κ1) is 34.8. The van der Waals surface area contributed by atoms with Crippen LogP contribution in [0.2, 0.25) is 0 Å². The van der Waals surface area contributed by atoms with E-state index in [4.69, 9.17) is 9.47 Å². The van der Waals surface area contributed by atoms with Gasteiger partial charge < -0.3 is 30.1 Å². The summed E-state index contributed by atoms with van der Waals surface area (Å²) >= 11 is 0. The van der Waals surface area contributed by atoms with Crippen LogP contribution in [0.25, 0.3) is 0 Å². The largest absolute Gasteiger partial charge is 0.508 e. The van der Waals surface area contributed by atoms with Crippen molar-refractivity contribution >= 4 is 29.4 Å². The Balaban J connectivity index is 1.16. The van der Waals surface area contributed by atoms with Crippen molar-refractivity contribution in [3.63, 3.8) is 0 Å². The number of phenols is 1. The molecule has 4 aliphatic rings. The number of ether oxygens (including phenoxy) is 2. The van der Waals surface area contributed by atoms with Crippen LogP contribution in [0.3, 0.4) is 0 Å². The number of hydrogen-bond donors (Lipinski definition) is 4. The number of allylic oxidation sites excluding steroid dienone is 1. The highest BCUT2D eigenvalue weighted by atomic mass is 16.5. The monoisotopic (exact) mass is 653 g/mol. The van der Waals surface area contributed by atoms with Crippen molar-refractivity contribution in [3.8, 4) is 5.75 Å². The van der Waals surface area contributed by atoms with Gasteiger partial charge in [0.2, 0.25) is 11.7 Å². The Morgan fingerprint density at radius 1 is 1.02 bits per heavy atom. The molecule has 0 unspecified atom stereocenters. The Morgan fingerprint density at radius 2 is 1.74 bits per heavy atom. The van der Waals surface area contributed by atoms with Crippen LogP contribution in [0, 0.1) is 28.6 Å². The second kappa shape index (κ2) is 13.5. The number of aliphatic hydroxyl groups is 2. The van der Waals surface area contributed by atoms with E-state index in [9.17, 15) is 39.3 Å². The number of phenolic OH excluding ortho intramolecular Hbond substituents is 1. The predicted molar refractivity (Wildman–Crippen MR) is 169 cm³/mol. The predicted octanol–water partition coefficient (Wildman–Crippen LogP) is 3.11. The minimum atomic E-state index is -1.78. The maximum Gasteiger partial charge on any atom is 0.328 e. The molecule has 11 nitrogen and oxygen atoms in total.